The summed E-state index contributed by atoms with van der Waals surface area (Å²) >= 11 is 6.20. The standard InChI is InChI=1S/C6H3BrClFO2S/c7-3-1-6(12(10)11)5(9)2-4(3)8/h1-2H,(H,10,11). The van der Waals surface area contributed by atoms with E-state index in [1.54, 1.807) is 0 Å². The summed E-state index contributed by atoms with van der Waals surface area (Å²) < 4.78 is 32.3. The van der Waals surface area contributed by atoms with Crippen LogP contribution in [0.4, 0.5) is 4.39 Å². The van der Waals surface area contributed by atoms with Gasteiger partial charge >= 0.3 is 0 Å². The Bertz CT molecular complexity index is 345. The molecule has 1 aromatic carbocycles. The summed E-state index contributed by atoms with van der Waals surface area (Å²) in [6.07, 6.45) is 0. The second kappa shape index (κ2) is 3.83. The van der Waals surface area contributed by atoms with Gasteiger partial charge in [0, 0.05) is 4.47 Å². The highest BCUT2D eigenvalue weighted by Crippen LogP contribution is 2.26. The molecule has 1 aromatic rings. The van der Waals surface area contributed by atoms with Crippen molar-refractivity contribution in [1.82, 2.24) is 0 Å². The lowest BCUT2D eigenvalue weighted by molar-refractivity contribution is 0.544. The van der Waals surface area contributed by atoms with Crippen molar-refractivity contribution in [3.05, 3.63) is 27.4 Å². The molecule has 0 heterocycles. The van der Waals surface area contributed by atoms with Crippen molar-refractivity contribution in [2.75, 3.05) is 0 Å². The molecular formula is C6H3BrClFO2S. The molecule has 0 amide bonds. The van der Waals surface area contributed by atoms with E-state index >= 15 is 0 Å². The van der Waals surface area contributed by atoms with Crippen LogP contribution in [-0.2, 0) is 11.1 Å². The van der Waals surface area contributed by atoms with Crippen molar-refractivity contribution in [3.8, 4) is 0 Å². The molecule has 0 spiro atoms. The van der Waals surface area contributed by atoms with Crippen molar-refractivity contribution < 1.29 is 13.2 Å². The molecule has 1 N–H and O–H groups in total. The fraction of sp³-hybridized carbons (Fsp3) is 0. The maximum absolute atomic E-state index is 12.8. The number of benzene rings is 1. The molecule has 1 rings (SSSR count). The zero-order valence-corrected chi connectivity index (χ0v) is 8.71. The first kappa shape index (κ1) is 10.1. The molecule has 0 bridgehead atoms. The monoisotopic (exact) mass is 272 g/mol. The van der Waals surface area contributed by atoms with E-state index in [9.17, 15) is 8.60 Å². The van der Waals surface area contributed by atoms with Crippen molar-refractivity contribution in [2.45, 2.75) is 4.90 Å². The minimum absolute atomic E-state index is 0.168. The van der Waals surface area contributed by atoms with Gasteiger partial charge in [-0.2, -0.15) is 0 Å². The van der Waals surface area contributed by atoms with Gasteiger partial charge in [0.2, 0.25) is 0 Å². The zero-order chi connectivity index (χ0) is 9.30. The normalized spacial score (nSPS) is 13.0. The molecule has 0 aliphatic rings. The van der Waals surface area contributed by atoms with E-state index in [4.69, 9.17) is 16.2 Å². The first-order valence-electron chi connectivity index (χ1n) is 2.78. The van der Waals surface area contributed by atoms with Crippen molar-refractivity contribution in [2.24, 2.45) is 0 Å². The molecule has 0 aliphatic carbocycles. The average molecular weight is 274 g/mol. The summed E-state index contributed by atoms with van der Waals surface area (Å²) in [5.74, 6) is -0.788. The summed E-state index contributed by atoms with van der Waals surface area (Å²) in [5.41, 5.74) is 0. The van der Waals surface area contributed by atoms with Crippen molar-refractivity contribution >= 4 is 38.6 Å². The Balaban J connectivity index is 3.33. The van der Waals surface area contributed by atoms with Crippen LogP contribution in [0, 0.1) is 5.82 Å². The maximum Gasteiger partial charge on any atom is 0.189 e. The van der Waals surface area contributed by atoms with E-state index in [1.165, 1.54) is 6.07 Å². The number of rotatable bonds is 1. The highest BCUT2D eigenvalue weighted by Gasteiger charge is 2.10. The van der Waals surface area contributed by atoms with Gasteiger partial charge in [-0.3, -0.25) is 0 Å². The van der Waals surface area contributed by atoms with Crippen molar-refractivity contribution in [1.29, 1.82) is 0 Å². The van der Waals surface area contributed by atoms with Crippen LogP contribution in [0.1, 0.15) is 0 Å². The molecule has 66 valence electrons. The molecule has 0 aliphatic heterocycles. The Labute approximate surface area is 84.1 Å². The Hall–Kier alpha value is 0.0300. The molecule has 0 aromatic heterocycles. The van der Waals surface area contributed by atoms with Crippen LogP contribution in [0.3, 0.4) is 0 Å². The molecule has 6 heteroatoms. The molecule has 1 unspecified atom stereocenters. The zero-order valence-electron chi connectivity index (χ0n) is 5.55. The highest BCUT2D eigenvalue weighted by molar-refractivity contribution is 9.10. The third kappa shape index (κ3) is 2.04. The van der Waals surface area contributed by atoms with E-state index in [1.807, 2.05) is 0 Å². The maximum atomic E-state index is 12.8. The summed E-state index contributed by atoms with van der Waals surface area (Å²) in [6, 6.07) is 2.16. The lowest BCUT2D eigenvalue weighted by Gasteiger charge is -2.00. The van der Waals surface area contributed by atoms with E-state index < -0.39 is 16.9 Å². The predicted octanol–water partition coefficient (Wildman–Crippen LogP) is 2.82. The molecule has 12 heavy (non-hydrogen) atoms. The summed E-state index contributed by atoms with van der Waals surface area (Å²) in [7, 11) is 0. The fourth-order valence-electron chi connectivity index (χ4n) is 0.638. The number of hydrogen-bond donors (Lipinski definition) is 1. The topological polar surface area (TPSA) is 37.3 Å². The first-order chi connectivity index (χ1) is 5.52. The Morgan fingerprint density at radius 2 is 2.17 bits per heavy atom. The van der Waals surface area contributed by atoms with E-state index in [0.29, 0.717) is 4.47 Å². The SMILES string of the molecule is O=S(O)c1cc(Br)c(Cl)cc1F. The van der Waals surface area contributed by atoms with Gasteiger partial charge in [0.25, 0.3) is 0 Å². The van der Waals surface area contributed by atoms with E-state index in [-0.39, 0.29) is 9.92 Å². The van der Waals surface area contributed by atoms with Crippen LogP contribution in [0.15, 0.2) is 21.5 Å². The molecule has 0 saturated heterocycles. The molecular weight excluding hydrogens is 270 g/mol. The van der Waals surface area contributed by atoms with E-state index in [0.717, 1.165) is 6.07 Å². The number of halogens is 3. The summed E-state index contributed by atoms with van der Waals surface area (Å²) in [5, 5.41) is 0.168. The second-order valence-electron chi connectivity index (χ2n) is 1.95. The lowest BCUT2D eigenvalue weighted by Crippen LogP contribution is -1.93. The third-order valence-electron chi connectivity index (χ3n) is 1.16. The molecule has 1 atom stereocenters. The first-order valence-corrected chi connectivity index (χ1v) is 5.05. The average Bonchev–Trinajstić information content (AvgIpc) is 1.96. The van der Waals surface area contributed by atoms with Gasteiger partial charge in [0.05, 0.1) is 5.02 Å². The molecule has 0 radical (unpaired) electrons. The van der Waals surface area contributed by atoms with Gasteiger partial charge in [0.1, 0.15) is 10.7 Å². The Morgan fingerprint density at radius 3 is 2.67 bits per heavy atom. The van der Waals surface area contributed by atoms with Crippen LogP contribution in [0.2, 0.25) is 5.02 Å². The van der Waals surface area contributed by atoms with Crippen LogP contribution in [0.25, 0.3) is 0 Å². The fourth-order valence-corrected chi connectivity index (χ4v) is 1.73. The third-order valence-corrected chi connectivity index (χ3v) is 3.05. The number of hydrogen-bond acceptors (Lipinski definition) is 1. The van der Waals surface area contributed by atoms with Gasteiger partial charge < -0.3 is 4.55 Å². The Kier molecular flexibility index (Phi) is 3.22. The largest absolute Gasteiger partial charge is 0.302 e. The van der Waals surface area contributed by atoms with Crippen LogP contribution in [0.5, 0.6) is 0 Å². The van der Waals surface area contributed by atoms with Crippen LogP contribution in [-0.4, -0.2) is 8.76 Å². The smallest absolute Gasteiger partial charge is 0.189 e. The van der Waals surface area contributed by atoms with E-state index in [2.05, 4.69) is 15.9 Å². The minimum atomic E-state index is -2.32. The molecule has 0 fully saturated rings. The summed E-state index contributed by atoms with van der Waals surface area (Å²) in [6.45, 7) is 0. The molecule has 0 saturated carbocycles. The Morgan fingerprint density at radius 1 is 1.58 bits per heavy atom. The lowest BCUT2D eigenvalue weighted by atomic mass is 10.3. The quantitative estimate of drug-likeness (QED) is 0.631. The highest BCUT2D eigenvalue weighted by atomic mass is 79.9. The van der Waals surface area contributed by atoms with Gasteiger partial charge in [-0.05, 0) is 28.1 Å². The van der Waals surface area contributed by atoms with Gasteiger partial charge in [-0.15, -0.1) is 0 Å². The van der Waals surface area contributed by atoms with Gasteiger partial charge in [-0.1, -0.05) is 11.6 Å². The van der Waals surface area contributed by atoms with Gasteiger partial charge in [-0.25, -0.2) is 8.60 Å². The summed E-state index contributed by atoms with van der Waals surface area (Å²) in [4.78, 5) is -0.286. The van der Waals surface area contributed by atoms with Crippen LogP contribution >= 0.6 is 27.5 Å². The predicted molar refractivity (Wildman–Crippen MR) is 48.1 cm³/mol. The van der Waals surface area contributed by atoms with Gasteiger partial charge in [0.15, 0.2) is 11.1 Å². The molecule has 2 nitrogen and oxygen atoms in total. The van der Waals surface area contributed by atoms with Crippen molar-refractivity contribution in [3.63, 3.8) is 0 Å². The minimum Gasteiger partial charge on any atom is -0.302 e. The second-order valence-corrected chi connectivity index (χ2v) is 4.15. The van der Waals surface area contributed by atoms with Crippen LogP contribution < -0.4 is 0 Å².